The van der Waals surface area contributed by atoms with Crippen molar-refractivity contribution >= 4 is 20.7 Å². The van der Waals surface area contributed by atoms with E-state index in [-0.39, 0.29) is 0 Å². The molecule has 0 amide bonds. The maximum atomic E-state index is 14.2. The average Bonchev–Trinajstić information content (AvgIpc) is 2.72. The van der Waals surface area contributed by atoms with Gasteiger partial charge < -0.3 is 4.18 Å². The van der Waals surface area contributed by atoms with Crippen LogP contribution in [0.5, 0.6) is 5.75 Å². The predicted octanol–water partition coefficient (Wildman–Crippen LogP) is 7.58. The van der Waals surface area contributed by atoms with E-state index < -0.39 is 73.4 Å². The van der Waals surface area contributed by atoms with Crippen LogP contribution in [0.2, 0.25) is 0 Å². The fourth-order valence-corrected chi connectivity index (χ4v) is 5.60. The van der Waals surface area contributed by atoms with Crippen molar-refractivity contribution in [2.24, 2.45) is 0 Å². The second-order valence-corrected chi connectivity index (χ2v) is 12.4. The molecule has 0 aliphatic rings. The molecule has 0 aromatic heterocycles. The van der Waals surface area contributed by atoms with Crippen LogP contribution in [0.3, 0.4) is 0 Å². The molecule has 23 heteroatoms. The van der Waals surface area contributed by atoms with Crippen LogP contribution in [0.15, 0.2) is 24.3 Å². The molecule has 0 fully saturated rings. The van der Waals surface area contributed by atoms with E-state index in [0.717, 1.165) is 12.1 Å². The van der Waals surface area contributed by atoms with Gasteiger partial charge in [0.25, 0.3) is 0 Å². The Kier molecular flexibility index (Phi) is 8.88. The third-order valence-corrected chi connectivity index (χ3v) is 8.08. The van der Waals surface area contributed by atoms with E-state index in [9.17, 15) is 83.1 Å². The molecule has 0 bridgehead atoms. The Hall–Kier alpha value is -1.91. The highest BCUT2D eigenvalue weighted by Crippen LogP contribution is 2.65. The van der Waals surface area contributed by atoms with Gasteiger partial charge in [-0.25, -0.2) is 0 Å². The molecular weight excluding hydrogens is 655 g/mol. The molecule has 0 saturated heterocycles. The molecule has 0 unspecified atom stereocenters. The lowest BCUT2D eigenvalue weighted by atomic mass is 9.91. The standard InChI is InChI=1S/C17H13F17O4S2/c1-8-4-6-9(7-5-8)37-39(2,3)38-40(35,36)17(33,34)15(28,29)13(24,25)11(20,21)10(18,19)12(22,23)14(26,27)16(30,31)32/h4-7H,1-3H3. The predicted molar refractivity (Wildman–Crippen MR) is 102 cm³/mol. The molecule has 0 saturated carbocycles. The van der Waals surface area contributed by atoms with Crippen molar-refractivity contribution in [1.82, 2.24) is 0 Å². The maximum absolute atomic E-state index is 14.2. The topological polar surface area (TPSA) is 52.6 Å². The summed E-state index contributed by atoms with van der Waals surface area (Å²) in [4.78, 5) is 0. The van der Waals surface area contributed by atoms with E-state index in [1.807, 2.05) is 0 Å². The largest absolute Gasteiger partial charge is 0.460 e. The fraction of sp³-hybridized carbons (Fsp3) is 0.647. The first-order valence-electron chi connectivity index (χ1n) is 9.34. The Balaban J connectivity index is 3.60. The second-order valence-electron chi connectivity index (χ2n) is 8.02. The third-order valence-electron chi connectivity index (χ3n) is 4.58. The number of hydrogen-bond donors (Lipinski definition) is 0. The van der Waals surface area contributed by atoms with Gasteiger partial charge in [0.2, 0.25) is 0 Å². The number of hydrogen-bond acceptors (Lipinski definition) is 4. The van der Waals surface area contributed by atoms with Gasteiger partial charge in [-0.05, 0) is 19.1 Å². The molecule has 0 N–H and O–H groups in total. The monoisotopic (exact) mass is 668 g/mol. The minimum atomic E-state index is -8.92. The van der Waals surface area contributed by atoms with E-state index in [0.29, 0.717) is 18.1 Å². The highest BCUT2D eigenvalue weighted by Gasteiger charge is 2.96. The minimum absolute atomic E-state index is 0.416. The zero-order chi connectivity index (χ0) is 32.4. The van der Waals surface area contributed by atoms with Crippen LogP contribution in [-0.2, 0) is 13.7 Å². The SMILES string of the molecule is Cc1ccc(OS(C)(C)OS(=O)(=O)C(F)(F)C(F)(F)C(F)(F)C(F)(F)C(F)(F)C(F)(F)C(F)(F)C(F)(F)F)cc1. The van der Waals surface area contributed by atoms with E-state index in [1.165, 1.54) is 19.1 Å². The molecule has 0 atom stereocenters. The molecular formula is C17H13F17O4S2. The van der Waals surface area contributed by atoms with Gasteiger partial charge in [0.15, 0.2) is 5.75 Å². The van der Waals surface area contributed by atoms with Gasteiger partial charge in [0, 0.05) is 12.5 Å². The molecule has 0 spiro atoms. The van der Waals surface area contributed by atoms with E-state index in [1.54, 1.807) is 0 Å². The van der Waals surface area contributed by atoms with Crippen molar-refractivity contribution in [2.75, 3.05) is 12.5 Å². The summed E-state index contributed by atoms with van der Waals surface area (Å²) in [5.41, 5.74) is 0.512. The third kappa shape index (κ3) is 5.36. The van der Waals surface area contributed by atoms with Gasteiger partial charge in [-0.3, -0.25) is 0 Å². The lowest BCUT2D eigenvalue weighted by molar-refractivity contribution is -0.458. The molecule has 0 radical (unpaired) electrons. The first kappa shape index (κ1) is 36.1. The molecule has 0 aliphatic carbocycles. The maximum Gasteiger partial charge on any atom is 0.460 e. The number of halogens is 17. The van der Waals surface area contributed by atoms with Crippen LogP contribution in [-0.4, -0.2) is 67.9 Å². The number of alkyl halides is 17. The van der Waals surface area contributed by atoms with Crippen LogP contribution in [0.4, 0.5) is 74.6 Å². The van der Waals surface area contributed by atoms with Gasteiger partial charge in [-0.15, -0.1) is 14.2 Å². The Morgan fingerprint density at radius 3 is 1.23 bits per heavy atom. The van der Waals surface area contributed by atoms with E-state index >= 15 is 0 Å². The zero-order valence-electron chi connectivity index (χ0n) is 19.2. The van der Waals surface area contributed by atoms with Crippen LogP contribution < -0.4 is 4.18 Å². The van der Waals surface area contributed by atoms with E-state index in [2.05, 4.69) is 3.63 Å². The highest BCUT2D eigenvalue weighted by atomic mass is 32.3. The lowest BCUT2D eigenvalue weighted by Crippen LogP contribution is -2.75. The number of rotatable bonds is 11. The van der Waals surface area contributed by atoms with Crippen molar-refractivity contribution in [2.45, 2.75) is 53.9 Å². The van der Waals surface area contributed by atoms with Crippen LogP contribution >= 0.6 is 10.6 Å². The van der Waals surface area contributed by atoms with Crippen LogP contribution in [0.25, 0.3) is 0 Å². The molecule has 1 rings (SSSR count). The quantitative estimate of drug-likeness (QED) is 0.228. The number of benzene rings is 1. The van der Waals surface area contributed by atoms with Gasteiger partial charge in [-0.2, -0.15) is 83.1 Å². The summed E-state index contributed by atoms with van der Waals surface area (Å²) >= 11 is 0. The van der Waals surface area contributed by atoms with Crippen molar-refractivity contribution in [1.29, 1.82) is 0 Å². The lowest BCUT2D eigenvalue weighted by Gasteiger charge is -2.43. The molecule has 0 aliphatic heterocycles. The van der Waals surface area contributed by atoms with Crippen molar-refractivity contribution < 1.29 is 90.9 Å². The Morgan fingerprint density at radius 2 is 0.875 bits per heavy atom. The summed E-state index contributed by atoms with van der Waals surface area (Å²) in [5, 5.41) is -7.77. The molecule has 4 nitrogen and oxygen atoms in total. The molecule has 40 heavy (non-hydrogen) atoms. The first-order chi connectivity index (χ1) is 17.2. The highest BCUT2D eigenvalue weighted by molar-refractivity contribution is 8.28. The summed E-state index contributed by atoms with van der Waals surface area (Å²) in [5.74, 6) is -52.5. The van der Waals surface area contributed by atoms with Crippen LogP contribution in [0.1, 0.15) is 5.56 Å². The van der Waals surface area contributed by atoms with Crippen molar-refractivity contribution in [3.05, 3.63) is 29.8 Å². The molecule has 0 heterocycles. The Labute approximate surface area is 214 Å². The van der Waals surface area contributed by atoms with Crippen molar-refractivity contribution in [3.63, 3.8) is 0 Å². The fourth-order valence-electron chi connectivity index (χ4n) is 2.40. The van der Waals surface area contributed by atoms with Crippen molar-refractivity contribution in [3.8, 4) is 5.75 Å². The van der Waals surface area contributed by atoms with Gasteiger partial charge >= 0.3 is 57.1 Å². The summed E-state index contributed by atoms with van der Waals surface area (Å²) in [6.45, 7) is 1.49. The summed E-state index contributed by atoms with van der Waals surface area (Å²) in [6.07, 6.45) is -7.07. The Morgan fingerprint density at radius 1 is 0.550 bits per heavy atom. The smallest absolute Gasteiger partial charge is 0.391 e. The second kappa shape index (κ2) is 9.83. The Bertz CT molecular complexity index is 1180. The molecule has 1 aromatic rings. The minimum Gasteiger partial charge on any atom is -0.391 e. The van der Waals surface area contributed by atoms with E-state index in [4.69, 9.17) is 4.18 Å². The number of aryl methyl sites for hydroxylation is 1. The molecule has 236 valence electrons. The zero-order valence-corrected chi connectivity index (χ0v) is 20.8. The average molecular weight is 668 g/mol. The van der Waals surface area contributed by atoms with Gasteiger partial charge in [0.05, 0.1) is 0 Å². The van der Waals surface area contributed by atoms with Gasteiger partial charge in [0.1, 0.15) is 0 Å². The summed E-state index contributed by atoms with van der Waals surface area (Å²) in [7, 11) is -11.9. The first-order valence-corrected chi connectivity index (χ1v) is 13.1. The van der Waals surface area contributed by atoms with Crippen LogP contribution in [0, 0.1) is 6.92 Å². The molecule has 1 aromatic carbocycles. The van der Waals surface area contributed by atoms with Gasteiger partial charge in [-0.1, -0.05) is 17.7 Å². The normalized spacial score (nSPS) is 16.2. The summed E-state index contributed by atoms with van der Waals surface area (Å²) in [6, 6.07) is 4.48. The summed E-state index contributed by atoms with van der Waals surface area (Å²) < 4.78 is 259.